The van der Waals surface area contributed by atoms with E-state index in [1.165, 1.54) is 0 Å². The number of rotatable bonds is 4. The minimum atomic E-state index is -0.0505. The summed E-state index contributed by atoms with van der Waals surface area (Å²) in [5.41, 5.74) is 1.99. The van der Waals surface area contributed by atoms with Gasteiger partial charge in [0.15, 0.2) is 0 Å². The van der Waals surface area contributed by atoms with Gasteiger partial charge in [-0.25, -0.2) is 0 Å². The van der Waals surface area contributed by atoms with Gasteiger partial charge in [0.1, 0.15) is 17.6 Å². The maximum absolute atomic E-state index is 12.5. The number of benzene rings is 1. The van der Waals surface area contributed by atoms with Crippen molar-refractivity contribution in [3.8, 4) is 11.5 Å². The Morgan fingerprint density at radius 3 is 2.58 bits per heavy atom. The first-order chi connectivity index (χ1) is 12.5. The predicted octanol–water partition coefficient (Wildman–Crippen LogP) is 2.11. The van der Waals surface area contributed by atoms with Crippen LogP contribution in [0.25, 0.3) is 6.08 Å². The smallest absolute Gasteiger partial charge is 0.246 e. The number of amides is 2. The maximum Gasteiger partial charge on any atom is 0.246 e. The van der Waals surface area contributed by atoms with Gasteiger partial charge in [-0.3, -0.25) is 9.59 Å². The Morgan fingerprint density at radius 1 is 1.23 bits per heavy atom. The highest BCUT2D eigenvalue weighted by atomic mass is 16.5. The number of fused-ring (bicyclic) bond motifs is 1. The first kappa shape index (κ1) is 18.3. The van der Waals surface area contributed by atoms with E-state index in [9.17, 15) is 9.59 Å². The number of carbonyl (C=O) groups excluding carboxylic acids is 2. The van der Waals surface area contributed by atoms with Gasteiger partial charge in [0.05, 0.1) is 6.61 Å². The van der Waals surface area contributed by atoms with Crippen molar-refractivity contribution in [3.63, 3.8) is 0 Å². The van der Waals surface area contributed by atoms with E-state index in [0.29, 0.717) is 32.8 Å². The molecule has 0 N–H and O–H groups in total. The Hall–Kier alpha value is -2.50. The molecule has 140 valence electrons. The van der Waals surface area contributed by atoms with Crippen molar-refractivity contribution >= 4 is 17.9 Å². The third-order valence-electron chi connectivity index (χ3n) is 4.77. The van der Waals surface area contributed by atoms with E-state index in [4.69, 9.17) is 9.47 Å². The molecule has 0 aliphatic carbocycles. The van der Waals surface area contributed by atoms with Crippen LogP contribution >= 0.6 is 0 Å². The first-order valence-corrected chi connectivity index (χ1v) is 9.16. The third kappa shape index (κ3) is 4.00. The highest BCUT2D eigenvalue weighted by molar-refractivity contribution is 5.92. The third-order valence-corrected chi connectivity index (χ3v) is 4.77. The Balaban J connectivity index is 1.71. The fraction of sp³-hybridized carbons (Fsp3) is 0.500. The SMILES string of the molecule is CCOc1cc2c(cc1/C=C/C(=O)N1CCN(C(C)=O)CC1)OC(C)C2. The van der Waals surface area contributed by atoms with Crippen molar-refractivity contribution in [2.24, 2.45) is 0 Å². The zero-order chi connectivity index (χ0) is 18.7. The molecule has 1 unspecified atom stereocenters. The Kier molecular flexibility index (Phi) is 5.49. The average molecular weight is 358 g/mol. The topological polar surface area (TPSA) is 59.1 Å². The van der Waals surface area contributed by atoms with Crippen molar-refractivity contribution < 1.29 is 19.1 Å². The maximum atomic E-state index is 12.5. The van der Waals surface area contributed by atoms with Gasteiger partial charge in [-0.05, 0) is 32.1 Å². The van der Waals surface area contributed by atoms with Crippen LogP contribution in [0.3, 0.4) is 0 Å². The lowest BCUT2D eigenvalue weighted by Gasteiger charge is -2.33. The van der Waals surface area contributed by atoms with Crippen LogP contribution in [0.5, 0.6) is 11.5 Å². The average Bonchev–Trinajstić information content (AvgIpc) is 2.98. The molecule has 2 aliphatic rings. The highest BCUT2D eigenvalue weighted by Crippen LogP contribution is 2.35. The van der Waals surface area contributed by atoms with Crippen LogP contribution in [0.1, 0.15) is 31.9 Å². The summed E-state index contributed by atoms with van der Waals surface area (Å²) in [7, 11) is 0. The van der Waals surface area contributed by atoms with E-state index in [-0.39, 0.29) is 17.9 Å². The van der Waals surface area contributed by atoms with Crippen LogP contribution in [-0.2, 0) is 16.0 Å². The molecule has 1 fully saturated rings. The molecule has 0 spiro atoms. The van der Waals surface area contributed by atoms with Crippen LogP contribution in [0.2, 0.25) is 0 Å². The van der Waals surface area contributed by atoms with Gasteiger partial charge in [-0.2, -0.15) is 0 Å². The fourth-order valence-electron chi connectivity index (χ4n) is 3.37. The molecule has 2 aliphatic heterocycles. The lowest BCUT2D eigenvalue weighted by molar-refractivity contribution is -0.135. The van der Waals surface area contributed by atoms with Crippen LogP contribution < -0.4 is 9.47 Å². The molecule has 6 nitrogen and oxygen atoms in total. The van der Waals surface area contributed by atoms with Crippen molar-refractivity contribution in [2.45, 2.75) is 33.3 Å². The summed E-state index contributed by atoms with van der Waals surface area (Å²) in [6.07, 6.45) is 4.40. The lowest BCUT2D eigenvalue weighted by Crippen LogP contribution is -2.49. The Labute approximate surface area is 154 Å². The van der Waals surface area contributed by atoms with E-state index < -0.39 is 0 Å². The number of piperazine rings is 1. The Morgan fingerprint density at radius 2 is 1.92 bits per heavy atom. The van der Waals surface area contributed by atoms with Crippen LogP contribution in [0.4, 0.5) is 0 Å². The monoisotopic (exact) mass is 358 g/mol. The predicted molar refractivity (Wildman–Crippen MR) is 99.3 cm³/mol. The summed E-state index contributed by atoms with van der Waals surface area (Å²) in [4.78, 5) is 27.4. The Bertz CT molecular complexity index is 721. The molecule has 0 radical (unpaired) electrons. The van der Waals surface area contributed by atoms with Crippen molar-refractivity contribution in [1.29, 1.82) is 0 Å². The van der Waals surface area contributed by atoms with Gasteiger partial charge in [-0.15, -0.1) is 0 Å². The van der Waals surface area contributed by atoms with E-state index in [0.717, 1.165) is 29.0 Å². The molecule has 6 heteroatoms. The summed E-state index contributed by atoms with van der Waals surface area (Å²) < 4.78 is 11.6. The van der Waals surface area contributed by atoms with Gasteiger partial charge < -0.3 is 19.3 Å². The number of hydrogen-bond acceptors (Lipinski definition) is 4. The fourth-order valence-corrected chi connectivity index (χ4v) is 3.37. The molecular weight excluding hydrogens is 332 g/mol. The zero-order valence-electron chi connectivity index (χ0n) is 15.7. The van der Waals surface area contributed by atoms with Gasteiger partial charge in [0.25, 0.3) is 0 Å². The second kappa shape index (κ2) is 7.81. The summed E-state index contributed by atoms with van der Waals surface area (Å²) in [6, 6.07) is 3.96. The molecule has 1 saturated heterocycles. The van der Waals surface area contributed by atoms with Crippen molar-refractivity contribution in [3.05, 3.63) is 29.3 Å². The second-order valence-corrected chi connectivity index (χ2v) is 6.73. The van der Waals surface area contributed by atoms with Crippen LogP contribution in [0.15, 0.2) is 18.2 Å². The minimum absolute atomic E-state index is 0.0505. The molecule has 1 atom stereocenters. The normalized spacial score (nSPS) is 19.4. The van der Waals surface area contributed by atoms with Crippen molar-refractivity contribution in [1.82, 2.24) is 9.80 Å². The first-order valence-electron chi connectivity index (χ1n) is 9.16. The quantitative estimate of drug-likeness (QED) is 0.774. The summed E-state index contributed by atoms with van der Waals surface area (Å²) in [5.74, 6) is 1.64. The lowest BCUT2D eigenvalue weighted by atomic mass is 10.1. The molecule has 2 heterocycles. The zero-order valence-corrected chi connectivity index (χ0v) is 15.7. The standard InChI is InChI=1S/C20H26N2O4/c1-4-25-18-13-17-11-14(2)26-19(17)12-16(18)5-6-20(24)22-9-7-21(8-10-22)15(3)23/h5-6,12-14H,4,7-11H2,1-3H3/b6-5+. The number of carbonyl (C=O) groups is 2. The second-order valence-electron chi connectivity index (χ2n) is 6.73. The van der Waals surface area contributed by atoms with Crippen molar-refractivity contribution in [2.75, 3.05) is 32.8 Å². The molecule has 0 saturated carbocycles. The van der Waals surface area contributed by atoms with Gasteiger partial charge in [0, 0.05) is 56.7 Å². The highest BCUT2D eigenvalue weighted by Gasteiger charge is 2.23. The van der Waals surface area contributed by atoms with Crippen LogP contribution in [0, 0.1) is 0 Å². The molecule has 1 aromatic rings. The van der Waals surface area contributed by atoms with Crippen LogP contribution in [-0.4, -0.2) is 60.5 Å². The number of ether oxygens (including phenoxy) is 2. The number of hydrogen-bond donors (Lipinski definition) is 0. The van der Waals surface area contributed by atoms with E-state index in [2.05, 4.69) is 0 Å². The van der Waals surface area contributed by atoms with Gasteiger partial charge >= 0.3 is 0 Å². The van der Waals surface area contributed by atoms with E-state index in [1.54, 1.807) is 28.9 Å². The molecule has 2 amide bonds. The molecule has 0 bridgehead atoms. The summed E-state index contributed by atoms with van der Waals surface area (Å²) in [6.45, 7) is 8.41. The minimum Gasteiger partial charge on any atom is -0.493 e. The number of nitrogens with zero attached hydrogens (tertiary/aromatic N) is 2. The molecule has 0 aromatic heterocycles. The van der Waals surface area contributed by atoms with Gasteiger partial charge in [-0.1, -0.05) is 0 Å². The van der Waals surface area contributed by atoms with E-state index in [1.807, 2.05) is 26.0 Å². The van der Waals surface area contributed by atoms with E-state index >= 15 is 0 Å². The molecule has 1 aromatic carbocycles. The summed E-state index contributed by atoms with van der Waals surface area (Å²) in [5, 5.41) is 0. The molecule has 26 heavy (non-hydrogen) atoms. The largest absolute Gasteiger partial charge is 0.493 e. The molecular formula is C20H26N2O4. The summed E-state index contributed by atoms with van der Waals surface area (Å²) >= 11 is 0. The molecule has 3 rings (SSSR count). The van der Waals surface area contributed by atoms with Gasteiger partial charge in [0.2, 0.25) is 11.8 Å².